The Labute approximate surface area is 217 Å². The molecule has 2 aromatic rings. The second-order valence-electron chi connectivity index (χ2n) is 9.88. The van der Waals surface area contributed by atoms with Crippen molar-refractivity contribution in [2.75, 3.05) is 0 Å². The number of carbonyl (C=O) groups is 3. The maximum Gasteiger partial charge on any atom is 0.307 e. The van der Waals surface area contributed by atoms with Crippen molar-refractivity contribution in [2.45, 2.75) is 94.5 Å². The van der Waals surface area contributed by atoms with Crippen molar-refractivity contribution in [1.82, 2.24) is 35.3 Å². The normalized spacial score (nSPS) is 28.9. The Kier molecular flexibility index (Phi) is 6.81. The fourth-order valence-electron chi connectivity index (χ4n) is 5.26. The van der Waals surface area contributed by atoms with Gasteiger partial charge in [0.2, 0.25) is 11.8 Å². The van der Waals surface area contributed by atoms with Crippen LogP contribution in [-0.2, 0) is 25.9 Å². The van der Waals surface area contributed by atoms with E-state index in [9.17, 15) is 14.4 Å². The minimum absolute atomic E-state index is 0.0791. The summed E-state index contributed by atoms with van der Waals surface area (Å²) in [5.41, 5.74) is 0. The molecule has 5 rings (SSSR count). The second kappa shape index (κ2) is 9.75. The summed E-state index contributed by atoms with van der Waals surface area (Å²) in [6.45, 7) is 7.98. The molecule has 36 heavy (non-hydrogen) atoms. The van der Waals surface area contributed by atoms with Crippen molar-refractivity contribution in [3.63, 3.8) is 0 Å². The summed E-state index contributed by atoms with van der Waals surface area (Å²) in [5.74, 6) is -0.0246. The first kappa shape index (κ1) is 25.2. The van der Waals surface area contributed by atoms with E-state index in [1.807, 2.05) is 38.3 Å². The van der Waals surface area contributed by atoms with Crippen molar-refractivity contribution < 1.29 is 19.1 Å². The summed E-state index contributed by atoms with van der Waals surface area (Å²) < 4.78 is 6.43. The van der Waals surface area contributed by atoms with E-state index in [2.05, 4.69) is 27.8 Å². The number of aromatic nitrogens is 4. The first-order valence-electron chi connectivity index (χ1n) is 12.3. The second-order valence-corrected chi connectivity index (χ2v) is 12.6. The maximum atomic E-state index is 13.6. The standard InChI is InChI=1S/C23H31N7O4S2/c1-5-6-7-10-15(31)34-12-28-19(25-26-27-28)18-23(3,4)36-22-17(21(33)30(18)22)29-13(2)24-16(20(29)32)14-9-8-11-35-14/h8-9,11,13,16-18,22,24H,5-7,10,12H2,1-4H3/t13?,16?,17?,18?,22-/m0/s1. The van der Waals surface area contributed by atoms with Crippen LogP contribution in [0.1, 0.15) is 76.2 Å². The molecule has 194 valence electrons. The van der Waals surface area contributed by atoms with Crippen molar-refractivity contribution in [2.24, 2.45) is 0 Å². The Hall–Kier alpha value is -2.51. The molecule has 4 unspecified atom stereocenters. The lowest BCUT2D eigenvalue weighted by Gasteiger charge is -2.48. The number of thiophene rings is 1. The molecule has 3 fully saturated rings. The third kappa shape index (κ3) is 4.20. The van der Waals surface area contributed by atoms with Crippen LogP contribution in [0, 0.1) is 0 Å². The number of fused-ring (bicyclic) bond motifs is 1. The molecule has 0 saturated carbocycles. The zero-order valence-corrected chi connectivity index (χ0v) is 22.4. The third-order valence-corrected chi connectivity index (χ3v) is 9.50. The number of hydrogen-bond donors (Lipinski definition) is 1. The Balaban J connectivity index is 1.31. The molecular formula is C23H31N7O4S2. The average Bonchev–Trinajstić information content (AvgIpc) is 3.61. The minimum Gasteiger partial charge on any atom is -0.442 e. The number of β-lactam (4-membered cyclic amide) rings is 1. The van der Waals surface area contributed by atoms with Crippen LogP contribution in [-0.4, -0.2) is 70.1 Å². The number of nitrogens with one attached hydrogen (secondary N) is 1. The Morgan fingerprint density at radius 3 is 2.75 bits per heavy atom. The number of ether oxygens (including phenoxy) is 1. The number of esters is 1. The number of carbonyl (C=O) groups excluding carboxylic acids is 3. The fraction of sp³-hybridized carbons (Fsp3) is 0.652. The summed E-state index contributed by atoms with van der Waals surface area (Å²) in [6.07, 6.45) is 2.87. The van der Waals surface area contributed by atoms with Crippen LogP contribution in [0.2, 0.25) is 0 Å². The van der Waals surface area contributed by atoms with E-state index in [0.717, 1.165) is 24.1 Å². The van der Waals surface area contributed by atoms with Gasteiger partial charge in [0.15, 0.2) is 12.6 Å². The quantitative estimate of drug-likeness (QED) is 0.294. The van der Waals surface area contributed by atoms with E-state index in [1.54, 1.807) is 21.6 Å². The van der Waals surface area contributed by atoms with Crippen molar-refractivity contribution in [3.05, 3.63) is 28.2 Å². The summed E-state index contributed by atoms with van der Waals surface area (Å²) in [6, 6.07) is 2.45. The number of amides is 2. The SMILES string of the molecule is CCCCCC(=O)OCn1nnnc1C1N2C(=O)C(N3C(=O)C(c4cccs4)NC3C)[C@@H]2SC1(C)C. The van der Waals surface area contributed by atoms with Crippen molar-refractivity contribution in [1.29, 1.82) is 0 Å². The molecule has 11 nitrogen and oxygen atoms in total. The number of tetrazole rings is 1. The molecule has 2 aromatic heterocycles. The van der Waals surface area contributed by atoms with E-state index in [1.165, 1.54) is 16.0 Å². The summed E-state index contributed by atoms with van der Waals surface area (Å²) in [5, 5.41) is 17.1. The molecule has 0 radical (unpaired) electrons. The molecule has 3 aliphatic rings. The average molecular weight is 534 g/mol. The number of hydrogen-bond acceptors (Lipinski definition) is 10. The maximum absolute atomic E-state index is 13.6. The first-order chi connectivity index (χ1) is 17.2. The van der Waals surface area contributed by atoms with Crippen LogP contribution < -0.4 is 5.32 Å². The smallest absolute Gasteiger partial charge is 0.307 e. The Morgan fingerprint density at radius 2 is 2.03 bits per heavy atom. The molecule has 0 bridgehead atoms. The first-order valence-corrected chi connectivity index (χ1v) is 14.0. The highest BCUT2D eigenvalue weighted by Gasteiger charge is 2.66. The molecule has 0 spiro atoms. The summed E-state index contributed by atoms with van der Waals surface area (Å²) in [4.78, 5) is 43.4. The Morgan fingerprint density at radius 1 is 1.22 bits per heavy atom. The van der Waals surface area contributed by atoms with Crippen LogP contribution in [0.5, 0.6) is 0 Å². The van der Waals surface area contributed by atoms with E-state index in [4.69, 9.17) is 4.74 Å². The van der Waals surface area contributed by atoms with Crippen LogP contribution in [0.4, 0.5) is 0 Å². The number of unbranched alkanes of at least 4 members (excludes halogenated alkanes) is 2. The van der Waals surface area contributed by atoms with Crippen LogP contribution in [0.15, 0.2) is 17.5 Å². The molecule has 13 heteroatoms. The van der Waals surface area contributed by atoms with Gasteiger partial charge in [-0.25, -0.2) is 0 Å². The molecular weight excluding hydrogens is 502 g/mol. The third-order valence-electron chi connectivity index (χ3n) is 7.00. The molecule has 5 heterocycles. The lowest BCUT2D eigenvalue weighted by atomic mass is 9.94. The molecule has 2 amide bonds. The van der Waals surface area contributed by atoms with Gasteiger partial charge in [0.05, 0.1) is 6.17 Å². The molecule has 3 saturated heterocycles. The van der Waals surface area contributed by atoms with E-state index in [-0.39, 0.29) is 36.1 Å². The lowest BCUT2D eigenvalue weighted by molar-refractivity contribution is -0.163. The van der Waals surface area contributed by atoms with Gasteiger partial charge in [0, 0.05) is 16.0 Å². The number of rotatable bonds is 9. The highest BCUT2D eigenvalue weighted by Crippen LogP contribution is 2.58. The monoisotopic (exact) mass is 533 g/mol. The van der Waals surface area contributed by atoms with Crippen molar-refractivity contribution >= 4 is 40.9 Å². The molecule has 5 atom stereocenters. The fourth-order valence-corrected chi connectivity index (χ4v) is 7.72. The van der Waals surface area contributed by atoms with E-state index in [0.29, 0.717) is 12.2 Å². The van der Waals surface area contributed by atoms with Gasteiger partial charge in [-0.1, -0.05) is 25.8 Å². The van der Waals surface area contributed by atoms with Gasteiger partial charge in [-0.2, -0.15) is 4.68 Å². The molecule has 1 N–H and O–H groups in total. The zero-order chi connectivity index (χ0) is 25.6. The summed E-state index contributed by atoms with van der Waals surface area (Å²) >= 11 is 3.17. The zero-order valence-electron chi connectivity index (χ0n) is 20.8. The highest BCUT2D eigenvalue weighted by molar-refractivity contribution is 8.01. The molecule has 0 aliphatic carbocycles. The molecule has 0 aromatic carbocycles. The van der Waals surface area contributed by atoms with E-state index >= 15 is 0 Å². The van der Waals surface area contributed by atoms with Crippen LogP contribution in [0.25, 0.3) is 0 Å². The van der Waals surface area contributed by atoms with Gasteiger partial charge in [0.25, 0.3) is 0 Å². The highest BCUT2D eigenvalue weighted by atomic mass is 32.2. The van der Waals surface area contributed by atoms with Gasteiger partial charge in [-0.3, -0.25) is 19.7 Å². The van der Waals surface area contributed by atoms with E-state index < -0.39 is 22.9 Å². The number of nitrogens with zero attached hydrogens (tertiary/aromatic N) is 6. The number of thioether (sulfide) groups is 1. The van der Waals surface area contributed by atoms with Gasteiger partial charge in [0.1, 0.15) is 23.5 Å². The van der Waals surface area contributed by atoms with Gasteiger partial charge < -0.3 is 14.5 Å². The lowest BCUT2D eigenvalue weighted by Crippen LogP contribution is -2.69. The van der Waals surface area contributed by atoms with Crippen molar-refractivity contribution in [3.8, 4) is 0 Å². The van der Waals surface area contributed by atoms with Gasteiger partial charge in [-0.15, -0.1) is 28.2 Å². The molecule has 3 aliphatic heterocycles. The van der Waals surface area contributed by atoms with Gasteiger partial charge >= 0.3 is 5.97 Å². The Bertz CT molecular complexity index is 1140. The van der Waals surface area contributed by atoms with Gasteiger partial charge in [-0.05, 0) is 49.1 Å². The summed E-state index contributed by atoms with van der Waals surface area (Å²) in [7, 11) is 0. The van der Waals surface area contributed by atoms with Crippen LogP contribution in [0.3, 0.4) is 0 Å². The largest absolute Gasteiger partial charge is 0.442 e. The minimum atomic E-state index is -0.556. The predicted octanol–water partition coefficient (Wildman–Crippen LogP) is 2.44. The van der Waals surface area contributed by atoms with Crippen LogP contribution >= 0.6 is 23.1 Å². The predicted molar refractivity (Wildman–Crippen MR) is 133 cm³/mol. The topological polar surface area (TPSA) is 123 Å².